The summed E-state index contributed by atoms with van der Waals surface area (Å²) in [6, 6.07) is 0.330. The first-order valence-electron chi connectivity index (χ1n) is 6.16. The maximum atomic E-state index is 11.7. The van der Waals surface area contributed by atoms with Crippen molar-refractivity contribution in [2.75, 3.05) is 7.05 Å². The van der Waals surface area contributed by atoms with E-state index in [9.17, 15) is 4.79 Å². The zero-order valence-corrected chi connectivity index (χ0v) is 10.2. The van der Waals surface area contributed by atoms with Crippen LogP contribution in [0.15, 0.2) is 0 Å². The third kappa shape index (κ3) is 3.49. The van der Waals surface area contributed by atoms with Crippen LogP contribution in [0.2, 0.25) is 0 Å². The molecule has 88 valence electrons. The minimum absolute atomic E-state index is 0.0792. The fourth-order valence-corrected chi connectivity index (χ4v) is 2.33. The monoisotopic (exact) mass is 212 g/mol. The number of carbonyl (C=O) groups is 1. The van der Waals surface area contributed by atoms with Crippen LogP contribution in [0.5, 0.6) is 0 Å². The van der Waals surface area contributed by atoms with E-state index in [1.54, 1.807) is 0 Å². The van der Waals surface area contributed by atoms with Crippen LogP contribution in [0, 0.1) is 5.92 Å². The molecule has 0 aromatic rings. The van der Waals surface area contributed by atoms with Gasteiger partial charge in [-0.15, -0.1) is 0 Å². The van der Waals surface area contributed by atoms with Crippen molar-refractivity contribution in [3.05, 3.63) is 0 Å². The predicted molar refractivity (Wildman–Crippen MR) is 62.7 cm³/mol. The van der Waals surface area contributed by atoms with Crippen molar-refractivity contribution in [2.45, 2.75) is 58.0 Å². The fourth-order valence-electron chi connectivity index (χ4n) is 2.33. The van der Waals surface area contributed by atoms with Gasteiger partial charge in [-0.2, -0.15) is 0 Å². The molecular formula is C12H24N2O. The molecular weight excluding hydrogens is 188 g/mol. The molecule has 1 fully saturated rings. The van der Waals surface area contributed by atoms with Crippen LogP contribution < -0.4 is 10.6 Å². The summed E-state index contributed by atoms with van der Waals surface area (Å²) >= 11 is 0. The summed E-state index contributed by atoms with van der Waals surface area (Å²) in [5.41, 5.74) is 0. The molecule has 0 spiro atoms. The summed E-state index contributed by atoms with van der Waals surface area (Å²) in [6.45, 7) is 4.12. The Bertz CT molecular complexity index is 206. The molecule has 0 aliphatic heterocycles. The second-order valence-electron chi connectivity index (χ2n) is 4.58. The molecule has 0 aromatic carbocycles. The highest BCUT2D eigenvalue weighted by atomic mass is 16.2. The Labute approximate surface area is 93.0 Å². The summed E-state index contributed by atoms with van der Waals surface area (Å²) < 4.78 is 0. The first kappa shape index (κ1) is 12.5. The lowest BCUT2D eigenvalue weighted by atomic mass is 9.83. The topological polar surface area (TPSA) is 41.1 Å². The first-order valence-corrected chi connectivity index (χ1v) is 6.16. The number of rotatable bonds is 4. The Hall–Kier alpha value is -0.570. The van der Waals surface area contributed by atoms with Crippen molar-refractivity contribution in [3.8, 4) is 0 Å². The van der Waals surface area contributed by atoms with Crippen molar-refractivity contribution in [3.63, 3.8) is 0 Å². The van der Waals surface area contributed by atoms with Crippen LogP contribution in [0.1, 0.15) is 46.0 Å². The van der Waals surface area contributed by atoms with Gasteiger partial charge in [0.05, 0.1) is 6.04 Å². The summed E-state index contributed by atoms with van der Waals surface area (Å²) in [4.78, 5) is 11.7. The van der Waals surface area contributed by atoms with Gasteiger partial charge in [-0.1, -0.05) is 26.2 Å². The lowest BCUT2D eigenvalue weighted by Gasteiger charge is -2.32. The van der Waals surface area contributed by atoms with E-state index < -0.39 is 0 Å². The Morgan fingerprint density at radius 1 is 1.40 bits per heavy atom. The normalized spacial score (nSPS) is 28.5. The third-order valence-electron chi connectivity index (χ3n) is 3.59. The van der Waals surface area contributed by atoms with Gasteiger partial charge in [-0.3, -0.25) is 4.79 Å². The van der Waals surface area contributed by atoms with Crippen molar-refractivity contribution in [2.24, 2.45) is 5.92 Å². The molecule has 0 aromatic heterocycles. The highest BCUT2D eigenvalue weighted by Crippen LogP contribution is 2.26. The first-order chi connectivity index (χ1) is 7.19. The van der Waals surface area contributed by atoms with Crippen molar-refractivity contribution < 1.29 is 4.79 Å². The average molecular weight is 212 g/mol. The van der Waals surface area contributed by atoms with Gasteiger partial charge in [0.15, 0.2) is 0 Å². The minimum atomic E-state index is -0.0792. The Morgan fingerprint density at radius 3 is 2.67 bits per heavy atom. The molecule has 1 rings (SSSR count). The van der Waals surface area contributed by atoms with Gasteiger partial charge < -0.3 is 10.6 Å². The van der Waals surface area contributed by atoms with E-state index >= 15 is 0 Å². The largest absolute Gasteiger partial charge is 0.352 e. The highest BCUT2D eigenvalue weighted by Gasteiger charge is 2.25. The van der Waals surface area contributed by atoms with Gasteiger partial charge in [0, 0.05) is 6.04 Å². The molecule has 0 heterocycles. The van der Waals surface area contributed by atoms with Crippen LogP contribution >= 0.6 is 0 Å². The van der Waals surface area contributed by atoms with Gasteiger partial charge in [0.25, 0.3) is 0 Å². The Balaban J connectivity index is 2.44. The molecule has 1 saturated carbocycles. The SMILES string of the molecule is CCC1CCCCC1NC(=O)C(C)NC. The average Bonchev–Trinajstić information content (AvgIpc) is 2.28. The van der Waals surface area contributed by atoms with E-state index in [0.29, 0.717) is 12.0 Å². The minimum Gasteiger partial charge on any atom is -0.352 e. The summed E-state index contributed by atoms with van der Waals surface area (Å²) in [7, 11) is 1.82. The Morgan fingerprint density at radius 2 is 2.07 bits per heavy atom. The molecule has 0 radical (unpaired) electrons. The molecule has 3 atom stereocenters. The molecule has 1 amide bonds. The number of hydrogen-bond donors (Lipinski definition) is 2. The number of hydrogen-bond acceptors (Lipinski definition) is 2. The molecule has 1 aliphatic rings. The van der Waals surface area contributed by atoms with Crippen LogP contribution in [0.25, 0.3) is 0 Å². The number of nitrogens with one attached hydrogen (secondary N) is 2. The molecule has 0 saturated heterocycles. The van der Waals surface area contributed by atoms with E-state index in [1.807, 2.05) is 14.0 Å². The maximum Gasteiger partial charge on any atom is 0.237 e. The lowest BCUT2D eigenvalue weighted by Crippen LogP contribution is -2.48. The van der Waals surface area contributed by atoms with Crippen LogP contribution in [-0.4, -0.2) is 25.0 Å². The van der Waals surface area contributed by atoms with Gasteiger partial charge in [0.1, 0.15) is 0 Å². The quantitative estimate of drug-likeness (QED) is 0.744. The smallest absolute Gasteiger partial charge is 0.237 e. The summed E-state index contributed by atoms with van der Waals surface area (Å²) in [5.74, 6) is 0.828. The molecule has 2 N–H and O–H groups in total. The van der Waals surface area contributed by atoms with Crippen LogP contribution in [0.3, 0.4) is 0 Å². The van der Waals surface area contributed by atoms with Gasteiger partial charge in [0.2, 0.25) is 5.91 Å². The zero-order valence-electron chi connectivity index (χ0n) is 10.2. The predicted octanol–water partition coefficient (Wildman–Crippen LogP) is 1.68. The number of amides is 1. The van der Waals surface area contributed by atoms with E-state index in [-0.39, 0.29) is 11.9 Å². The second kappa shape index (κ2) is 6.11. The number of likely N-dealkylation sites (N-methyl/N-ethyl adjacent to an activating group) is 1. The highest BCUT2D eigenvalue weighted by molar-refractivity contribution is 5.81. The van der Waals surface area contributed by atoms with Gasteiger partial charge in [-0.05, 0) is 32.7 Å². The van der Waals surface area contributed by atoms with E-state index in [0.717, 1.165) is 6.42 Å². The van der Waals surface area contributed by atoms with E-state index in [2.05, 4.69) is 17.6 Å². The molecule has 1 aliphatic carbocycles. The second-order valence-corrected chi connectivity index (χ2v) is 4.58. The third-order valence-corrected chi connectivity index (χ3v) is 3.59. The van der Waals surface area contributed by atoms with E-state index in [1.165, 1.54) is 25.7 Å². The van der Waals surface area contributed by atoms with Gasteiger partial charge in [-0.25, -0.2) is 0 Å². The van der Waals surface area contributed by atoms with E-state index in [4.69, 9.17) is 0 Å². The lowest BCUT2D eigenvalue weighted by molar-refractivity contribution is -0.124. The maximum absolute atomic E-state index is 11.7. The zero-order chi connectivity index (χ0) is 11.3. The van der Waals surface area contributed by atoms with Crippen molar-refractivity contribution in [1.82, 2.24) is 10.6 Å². The molecule has 3 heteroatoms. The fraction of sp³-hybridized carbons (Fsp3) is 0.917. The summed E-state index contributed by atoms with van der Waals surface area (Å²) in [6.07, 6.45) is 6.19. The number of carbonyl (C=O) groups excluding carboxylic acids is 1. The van der Waals surface area contributed by atoms with Crippen LogP contribution in [0.4, 0.5) is 0 Å². The van der Waals surface area contributed by atoms with Crippen LogP contribution in [-0.2, 0) is 4.79 Å². The molecule has 15 heavy (non-hydrogen) atoms. The molecule has 3 nitrogen and oxygen atoms in total. The Kier molecular flexibility index (Phi) is 5.09. The standard InChI is InChI=1S/C12H24N2O/c1-4-10-7-5-6-8-11(10)14-12(15)9(2)13-3/h9-11,13H,4-8H2,1-3H3,(H,14,15). The van der Waals surface area contributed by atoms with Crippen molar-refractivity contribution in [1.29, 1.82) is 0 Å². The molecule has 0 bridgehead atoms. The van der Waals surface area contributed by atoms with Crippen molar-refractivity contribution >= 4 is 5.91 Å². The van der Waals surface area contributed by atoms with Gasteiger partial charge >= 0.3 is 0 Å². The summed E-state index contributed by atoms with van der Waals surface area (Å²) in [5, 5.41) is 6.14. The molecule has 3 unspecified atom stereocenters.